The van der Waals surface area contributed by atoms with Gasteiger partial charge in [0.15, 0.2) is 0 Å². The first-order chi connectivity index (χ1) is 12.5. The van der Waals surface area contributed by atoms with E-state index in [1.807, 2.05) is 18.2 Å². The van der Waals surface area contributed by atoms with Crippen molar-refractivity contribution in [3.05, 3.63) is 74.7 Å². The molecular weight excluding hydrogens is 372 g/mol. The van der Waals surface area contributed by atoms with Gasteiger partial charge in [-0.3, -0.25) is 9.59 Å². The first-order valence-corrected chi connectivity index (χ1v) is 8.95. The Kier molecular flexibility index (Phi) is 5.60. The van der Waals surface area contributed by atoms with Crippen molar-refractivity contribution >= 4 is 40.4 Å². The van der Waals surface area contributed by atoms with E-state index in [1.54, 1.807) is 37.3 Å². The molecule has 0 atom stereocenters. The summed E-state index contributed by atoms with van der Waals surface area (Å²) in [6.07, 6.45) is 0. The monoisotopic (exact) mass is 386 g/mol. The largest absolute Gasteiger partial charge is 0.348 e. The van der Waals surface area contributed by atoms with Crippen molar-refractivity contribution in [1.82, 2.24) is 15.5 Å². The van der Waals surface area contributed by atoms with Gasteiger partial charge in [0.25, 0.3) is 11.8 Å². The van der Waals surface area contributed by atoms with E-state index >= 15 is 0 Å². The molecule has 0 bridgehead atoms. The van der Waals surface area contributed by atoms with Gasteiger partial charge < -0.3 is 10.6 Å². The summed E-state index contributed by atoms with van der Waals surface area (Å²) in [4.78, 5) is 24.5. The number of carbonyl (C=O) groups is 2. The predicted molar refractivity (Wildman–Crippen MR) is 102 cm³/mol. The van der Waals surface area contributed by atoms with Crippen LogP contribution >= 0.6 is 22.9 Å². The van der Waals surface area contributed by atoms with Crippen LogP contribution in [-0.4, -0.2) is 22.0 Å². The second-order valence-electron chi connectivity index (χ2n) is 5.44. The Morgan fingerprint density at radius 3 is 2.62 bits per heavy atom. The van der Waals surface area contributed by atoms with Crippen LogP contribution < -0.4 is 10.6 Å². The molecule has 2 aromatic carbocycles. The second kappa shape index (κ2) is 8.07. The summed E-state index contributed by atoms with van der Waals surface area (Å²) in [5.41, 5.74) is 1.77. The molecule has 0 unspecified atom stereocenters. The Morgan fingerprint density at radius 1 is 1.08 bits per heavy atom. The molecule has 132 valence electrons. The summed E-state index contributed by atoms with van der Waals surface area (Å²) in [6, 6.07) is 14.0. The van der Waals surface area contributed by atoms with Gasteiger partial charge in [-0.05, 0) is 36.8 Å². The highest BCUT2D eigenvalue weighted by atomic mass is 35.5. The van der Waals surface area contributed by atoms with E-state index < -0.39 is 0 Å². The lowest BCUT2D eigenvalue weighted by atomic mass is 10.1. The lowest BCUT2D eigenvalue weighted by Crippen LogP contribution is -2.23. The molecule has 2 N–H and O–H groups in total. The zero-order chi connectivity index (χ0) is 18.5. The number of nitrogens with zero attached hydrogens (tertiary/aromatic N) is 2. The van der Waals surface area contributed by atoms with Crippen molar-refractivity contribution in [2.24, 2.45) is 0 Å². The highest BCUT2D eigenvalue weighted by Crippen LogP contribution is 2.16. The first-order valence-electron chi connectivity index (χ1n) is 7.76. The molecule has 0 fully saturated rings. The Hall–Kier alpha value is -2.77. The van der Waals surface area contributed by atoms with Crippen molar-refractivity contribution in [3.63, 3.8) is 0 Å². The van der Waals surface area contributed by atoms with Crippen LogP contribution in [0.4, 0.5) is 5.69 Å². The number of aromatic nitrogens is 2. The fourth-order valence-electron chi connectivity index (χ4n) is 2.23. The number of nitrogens with one attached hydrogen (secondary N) is 2. The molecule has 0 saturated carbocycles. The Labute approximate surface area is 159 Å². The van der Waals surface area contributed by atoms with Crippen molar-refractivity contribution in [1.29, 1.82) is 0 Å². The van der Waals surface area contributed by atoms with Gasteiger partial charge in [-0.15, -0.1) is 10.2 Å². The molecule has 1 aromatic heterocycles. The smallest absolute Gasteiger partial charge is 0.286 e. The second-order valence-corrected chi connectivity index (χ2v) is 7.02. The van der Waals surface area contributed by atoms with E-state index in [1.165, 1.54) is 11.3 Å². The maximum absolute atomic E-state index is 12.4. The van der Waals surface area contributed by atoms with Crippen molar-refractivity contribution < 1.29 is 9.59 Å². The van der Waals surface area contributed by atoms with Gasteiger partial charge in [-0.2, -0.15) is 0 Å². The van der Waals surface area contributed by atoms with Crippen molar-refractivity contribution in [2.75, 3.05) is 5.32 Å². The van der Waals surface area contributed by atoms with Crippen LogP contribution in [0.25, 0.3) is 0 Å². The molecule has 6 nitrogen and oxygen atoms in total. The Morgan fingerprint density at radius 2 is 1.88 bits per heavy atom. The molecule has 0 aliphatic heterocycles. The van der Waals surface area contributed by atoms with Gasteiger partial charge in [0.05, 0.1) is 0 Å². The van der Waals surface area contributed by atoms with Crippen LogP contribution in [0.1, 0.15) is 30.7 Å². The lowest BCUT2D eigenvalue weighted by molar-refractivity contribution is 0.0949. The summed E-state index contributed by atoms with van der Waals surface area (Å²) in [7, 11) is 0. The molecule has 0 spiro atoms. The summed E-state index contributed by atoms with van der Waals surface area (Å²) in [5, 5.41) is 14.7. The number of halogens is 1. The summed E-state index contributed by atoms with van der Waals surface area (Å²) in [5.74, 6) is -0.614. The molecule has 0 radical (unpaired) electrons. The Balaban J connectivity index is 1.65. The van der Waals surface area contributed by atoms with E-state index in [-0.39, 0.29) is 16.8 Å². The number of benzene rings is 2. The van der Waals surface area contributed by atoms with Crippen LogP contribution in [-0.2, 0) is 6.54 Å². The number of hydrogen-bond donors (Lipinski definition) is 2. The van der Waals surface area contributed by atoms with Crippen molar-refractivity contribution in [3.8, 4) is 0 Å². The fourth-order valence-corrected chi connectivity index (χ4v) is 3.02. The van der Waals surface area contributed by atoms with E-state index in [0.717, 1.165) is 5.56 Å². The van der Waals surface area contributed by atoms with Gasteiger partial charge in [-0.1, -0.05) is 47.2 Å². The van der Waals surface area contributed by atoms with E-state index in [2.05, 4.69) is 20.8 Å². The minimum atomic E-state index is -0.357. The molecule has 3 rings (SSSR count). The molecule has 26 heavy (non-hydrogen) atoms. The SMILES string of the molecule is Cc1nnc(C(=O)Nc2cccc(C(=O)NCc3ccccc3Cl)c2)s1. The summed E-state index contributed by atoms with van der Waals surface area (Å²) >= 11 is 7.29. The number of hydrogen-bond acceptors (Lipinski definition) is 5. The fraction of sp³-hybridized carbons (Fsp3) is 0.111. The summed E-state index contributed by atoms with van der Waals surface area (Å²) < 4.78 is 0. The third-order valence-electron chi connectivity index (χ3n) is 3.50. The summed E-state index contributed by atoms with van der Waals surface area (Å²) in [6.45, 7) is 2.09. The lowest BCUT2D eigenvalue weighted by Gasteiger charge is -2.08. The van der Waals surface area contributed by atoms with Gasteiger partial charge >= 0.3 is 0 Å². The average molecular weight is 387 g/mol. The Bertz CT molecular complexity index is 958. The first kappa shape index (κ1) is 18.0. The standard InChI is InChI=1S/C18H15ClN4O2S/c1-11-22-23-18(26-11)17(25)21-14-7-4-6-12(9-14)16(24)20-10-13-5-2-3-8-15(13)19/h2-9H,10H2,1H3,(H,20,24)(H,21,25). The number of anilines is 1. The number of aryl methyl sites for hydroxylation is 1. The minimum Gasteiger partial charge on any atom is -0.348 e. The molecule has 0 aliphatic carbocycles. The maximum Gasteiger partial charge on any atom is 0.286 e. The highest BCUT2D eigenvalue weighted by Gasteiger charge is 2.13. The zero-order valence-electron chi connectivity index (χ0n) is 13.8. The van der Waals surface area contributed by atoms with Gasteiger partial charge in [0.1, 0.15) is 5.01 Å². The third kappa shape index (κ3) is 4.44. The van der Waals surface area contributed by atoms with Crippen LogP contribution in [0, 0.1) is 6.92 Å². The van der Waals surface area contributed by atoms with Gasteiger partial charge in [0.2, 0.25) is 5.01 Å². The molecular formula is C18H15ClN4O2S. The van der Waals surface area contributed by atoms with Crippen molar-refractivity contribution in [2.45, 2.75) is 13.5 Å². The van der Waals surface area contributed by atoms with E-state index in [0.29, 0.717) is 27.8 Å². The van der Waals surface area contributed by atoms with Crippen LogP contribution in [0.2, 0.25) is 5.02 Å². The molecule has 0 saturated heterocycles. The normalized spacial score (nSPS) is 10.4. The highest BCUT2D eigenvalue weighted by molar-refractivity contribution is 7.13. The molecule has 0 aliphatic rings. The van der Waals surface area contributed by atoms with Crippen LogP contribution in [0.15, 0.2) is 48.5 Å². The minimum absolute atomic E-state index is 0.257. The topological polar surface area (TPSA) is 84.0 Å². The predicted octanol–water partition coefficient (Wildman–Crippen LogP) is 3.68. The van der Waals surface area contributed by atoms with Gasteiger partial charge in [0, 0.05) is 22.8 Å². The maximum atomic E-state index is 12.4. The molecule has 2 amide bonds. The average Bonchev–Trinajstić information content (AvgIpc) is 3.07. The van der Waals surface area contributed by atoms with E-state index in [9.17, 15) is 9.59 Å². The van der Waals surface area contributed by atoms with Crippen LogP contribution in [0.3, 0.4) is 0 Å². The number of carbonyl (C=O) groups excluding carboxylic acids is 2. The zero-order valence-corrected chi connectivity index (χ0v) is 15.4. The number of rotatable bonds is 5. The van der Waals surface area contributed by atoms with Crippen LogP contribution in [0.5, 0.6) is 0 Å². The third-order valence-corrected chi connectivity index (χ3v) is 4.71. The molecule has 1 heterocycles. The number of amides is 2. The van der Waals surface area contributed by atoms with Gasteiger partial charge in [-0.25, -0.2) is 0 Å². The molecule has 3 aromatic rings. The molecule has 8 heteroatoms. The quantitative estimate of drug-likeness (QED) is 0.700. The van der Waals surface area contributed by atoms with E-state index in [4.69, 9.17) is 11.6 Å².